The third-order valence-electron chi connectivity index (χ3n) is 1.71. The molecule has 2 N–H and O–H groups in total. The normalized spacial score (nSPS) is 14.7. The monoisotopic (exact) mass is 158 g/mol. The van der Waals surface area contributed by atoms with Gasteiger partial charge in [-0.1, -0.05) is 6.92 Å². The summed E-state index contributed by atoms with van der Waals surface area (Å²) < 4.78 is 12.1. The van der Waals surface area contributed by atoms with Gasteiger partial charge in [-0.2, -0.15) is 4.39 Å². The lowest BCUT2D eigenvalue weighted by Gasteiger charge is -2.12. The molecule has 0 aliphatic carbocycles. The van der Waals surface area contributed by atoms with E-state index in [-0.39, 0.29) is 6.04 Å². The molecule has 0 amide bonds. The predicted molar refractivity (Wildman–Crippen MR) is 45.7 cm³/mol. The van der Waals surface area contributed by atoms with Gasteiger partial charge in [0.1, 0.15) is 0 Å². The predicted octanol–water partition coefficient (Wildman–Crippen LogP) is 1.88. The number of hydrogen-bond donors (Lipinski definition) is 2. The molecule has 64 valence electrons. The van der Waals surface area contributed by atoms with E-state index in [4.69, 9.17) is 5.41 Å². The van der Waals surface area contributed by atoms with Gasteiger partial charge in [-0.05, 0) is 32.0 Å². The first-order valence-corrected chi connectivity index (χ1v) is 3.73. The number of rotatable bonds is 4. The van der Waals surface area contributed by atoms with E-state index < -0.39 is 5.97 Å². The third kappa shape index (κ3) is 3.88. The quantitative estimate of drug-likeness (QED) is 0.602. The zero-order valence-corrected chi connectivity index (χ0v) is 7.24. The molecule has 0 aliphatic rings. The standard InChI is InChI=1S/C8H15FN2/c1-4-7(5-8(9)10)6(2)11-3/h5-6,10-11H,4H2,1-3H3/b7-5-,10-8?. The Labute approximate surface area is 67.0 Å². The second-order valence-corrected chi connectivity index (χ2v) is 2.43. The molecule has 0 saturated carbocycles. The molecule has 0 radical (unpaired) electrons. The Morgan fingerprint density at radius 1 is 1.73 bits per heavy atom. The summed E-state index contributed by atoms with van der Waals surface area (Å²) in [6, 6.07) is 0.149. The van der Waals surface area contributed by atoms with Crippen molar-refractivity contribution in [1.29, 1.82) is 5.41 Å². The zero-order valence-electron chi connectivity index (χ0n) is 7.24. The molecule has 0 bridgehead atoms. The fourth-order valence-corrected chi connectivity index (χ4v) is 0.881. The van der Waals surface area contributed by atoms with E-state index in [1.54, 1.807) is 0 Å². The summed E-state index contributed by atoms with van der Waals surface area (Å²) in [6.07, 6.45) is 2.04. The highest BCUT2D eigenvalue weighted by Crippen LogP contribution is 2.06. The van der Waals surface area contributed by atoms with Crippen LogP contribution in [0.15, 0.2) is 11.6 Å². The van der Waals surface area contributed by atoms with Gasteiger partial charge in [-0.3, -0.25) is 5.41 Å². The lowest BCUT2D eigenvalue weighted by Crippen LogP contribution is -2.23. The van der Waals surface area contributed by atoms with Crippen molar-refractivity contribution in [2.75, 3.05) is 7.05 Å². The van der Waals surface area contributed by atoms with Crippen molar-refractivity contribution in [2.24, 2.45) is 0 Å². The van der Waals surface area contributed by atoms with Crippen LogP contribution in [0, 0.1) is 5.41 Å². The van der Waals surface area contributed by atoms with Crippen LogP contribution >= 0.6 is 0 Å². The number of nitrogens with one attached hydrogen (secondary N) is 2. The number of likely N-dealkylation sites (N-methyl/N-ethyl adjacent to an activating group) is 1. The van der Waals surface area contributed by atoms with Crippen LogP contribution in [-0.2, 0) is 0 Å². The second-order valence-electron chi connectivity index (χ2n) is 2.43. The molecule has 0 heterocycles. The first-order chi connectivity index (χ1) is 5.11. The van der Waals surface area contributed by atoms with Crippen LogP contribution in [-0.4, -0.2) is 19.1 Å². The topological polar surface area (TPSA) is 35.9 Å². The van der Waals surface area contributed by atoms with E-state index in [1.807, 2.05) is 20.9 Å². The maximum atomic E-state index is 12.1. The van der Waals surface area contributed by atoms with Crippen molar-refractivity contribution in [2.45, 2.75) is 26.3 Å². The molecule has 2 nitrogen and oxygen atoms in total. The summed E-state index contributed by atoms with van der Waals surface area (Å²) in [5.74, 6) is -0.871. The Morgan fingerprint density at radius 2 is 2.27 bits per heavy atom. The molecule has 0 aromatic heterocycles. The Morgan fingerprint density at radius 3 is 2.55 bits per heavy atom. The van der Waals surface area contributed by atoms with Crippen molar-refractivity contribution in [3.63, 3.8) is 0 Å². The number of hydrogen-bond acceptors (Lipinski definition) is 2. The zero-order chi connectivity index (χ0) is 8.85. The van der Waals surface area contributed by atoms with E-state index in [2.05, 4.69) is 5.32 Å². The summed E-state index contributed by atoms with van der Waals surface area (Å²) in [7, 11) is 1.82. The molecule has 3 heteroatoms. The van der Waals surface area contributed by atoms with Gasteiger partial charge in [-0.25, -0.2) is 0 Å². The van der Waals surface area contributed by atoms with Gasteiger partial charge in [0, 0.05) is 6.04 Å². The fraction of sp³-hybridized carbons (Fsp3) is 0.625. The molecule has 0 aliphatic heterocycles. The Bertz CT molecular complexity index is 163. The van der Waals surface area contributed by atoms with E-state index in [0.29, 0.717) is 0 Å². The van der Waals surface area contributed by atoms with Gasteiger partial charge >= 0.3 is 0 Å². The van der Waals surface area contributed by atoms with Gasteiger partial charge in [0.25, 0.3) is 0 Å². The highest BCUT2D eigenvalue weighted by Gasteiger charge is 2.03. The summed E-state index contributed by atoms with van der Waals surface area (Å²) >= 11 is 0. The average Bonchev–Trinajstić information content (AvgIpc) is 1.98. The van der Waals surface area contributed by atoms with Gasteiger partial charge in [0.2, 0.25) is 5.97 Å². The molecule has 0 aromatic rings. The number of allylic oxidation sites excluding steroid dienone is 1. The smallest absolute Gasteiger partial charge is 0.205 e. The van der Waals surface area contributed by atoms with Crippen LogP contribution in [0.3, 0.4) is 0 Å². The molecular weight excluding hydrogens is 143 g/mol. The minimum Gasteiger partial charge on any atom is -0.314 e. The van der Waals surface area contributed by atoms with E-state index >= 15 is 0 Å². The fourth-order valence-electron chi connectivity index (χ4n) is 0.881. The van der Waals surface area contributed by atoms with E-state index in [9.17, 15) is 4.39 Å². The van der Waals surface area contributed by atoms with Crippen LogP contribution in [0.5, 0.6) is 0 Å². The lowest BCUT2D eigenvalue weighted by molar-refractivity contribution is 0.669. The minimum atomic E-state index is -0.871. The van der Waals surface area contributed by atoms with Crippen molar-refractivity contribution in [3.8, 4) is 0 Å². The Hall–Kier alpha value is -0.700. The molecule has 0 rings (SSSR count). The second kappa shape index (κ2) is 5.02. The molecule has 1 atom stereocenters. The van der Waals surface area contributed by atoms with Gasteiger partial charge < -0.3 is 5.32 Å². The maximum absolute atomic E-state index is 12.1. The van der Waals surface area contributed by atoms with Crippen molar-refractivity contribution < 1.29 is 4.39 Å². The summed E-state index contributed by atoms with van der Waals surface area (Å²) in [4.78, 5) is 0. The average molecular weight is 158 g/mol. The summed E-state index contributed by atoms with van der Waals surface area (Å²) in [5.41, 5.74) is 0.917. The highest BCUT2D eigenvalue weighted by atomic mass is 19.1. The van der Waals surface area contributed by atoms with E-state index in [0.717, 1.165) is 12.0 Å². The Kier molecular flexibility index (Phi) is 4.70. The molecule has 0 fully saturated rings. The Balaban J connectivity index is 4.26. The van der Waals surface area contributed by atoms with Crippen molar-refractivity contribution >= 4 is 5.97 Å². The van der Waals surface area contributed by atoms with Gasteiger partial charge in [-0.15, -0.1) is 0 Å². The lowest BCUT2D eigenvalue weighted by atomic mass is 10.1. The van der Waals surface area contributed by atoms with Crippen molar-refractivity contribution in [1.82, 2.24) is 5.32 Å². The van der Waals surface area contributed by atoms with Crippen molar-refractivity contribution in [3.05, 3.63) is 11.6 Å². The molecule has 0 spiro atoms. The first-order valence-electron chi connectivity index (χ1n) is 3.73. The molecular formula is C8H15FN2. The van der Waals surface area contributed by atoms with Gasteiger partial charge in [0.05, 0.1) is 0 Å². The molecule has 1 unspecified atom stereocenters. The van der Waals surface area contributed by atoms with Crippen LogP contribution in [0.2, 0.25) is 0 Å². The molecule has 11 heavy (non-hydrogen) atoms. The SMILES string of the molecule is CC/C(=C/C(=N)F)C(C)NC. The maximum Gasteiger partial charge on any atom is 0.205 e. The first kappa shape index (κ1) is 10.3. The van der Waals surface area contributed by atoms with Gasteiger partial charge in [0.15, 0.2) is 0 Å². The molecule has 0 aromatic carbocycles. The van der Waals surface area contributed by atoms with Crippen LogP contribution in [0.4, 0.5) is 4.39 Å². The molecule has 0 saturated heterocycles. The number of halogens is 1. The van der Waals surface area contributed by atoms with Crippen LogP contribution < -0.4 is 5.32 Å². The van der Waals surface area contributed by atoms with Crippen LogP contribution in [0.1, 0.15) is 20.3 Å². The van der Waals surface area contributed by atoms with Crippen LogP contribution in [0.25, 0.3) is 0 Å². The third-order valence-corrected chi connectivity index (χ3v) is 1.71. The minimum absolute atomic E-state index is 0.149. The summed E-state index contributed by atoms with van der Waals surface area (Å²) in [6.45, 7) is 3.89. The van der Waals surface area contributed by atoms with E-state index in [1.165, 1.54) is 6.08 Å². The largest absolute Gasteiger partial charge is 0.314 e. The highest BCUT2D eigenvalue weighted by molar-refractivity contribution is 5.84. The summed E-state index contributed by atoms with van der Waals surface area (Å²) in [5, 5.41) is 9.62.